The molecule has 2 aliphatic carbocycles. The van der Waals surface area contributed by atoms with Crippen molar-refractivity contribution >= 4 is 49.6 Å². The first-order chi connectivity index (χ1) is 33.8. The largest absolute Gasteiger partial charge is 0.310 e. The molecule has 0 bridgehead atoms. The van der Waals surface area contributed by atoms with E-state index in [9.17, 15) is 0 Å². The lowest BCUT2D eigenvalue weighted by Crippen LogP contribution is -2.33. The summed E-state index contributed by atoms with van der Waals surface area (Å²) in [6, 6.07) is 95.6. The summed E-state index contributed by atoms with van der Waals surface area (Å²) in [5, 5.41) is 4.97. The Morgan fingerprint density at radius 3 is 1.57 bits per heavy atom. The maximum Gasteiger partial charge on any atom is 0.0755 e. The van der Waals surface area contributed by atoms with Gasteiger partial charge in [-0.2, -0.15) is 0 Å². The van der Waals surface area contributed by atoms with E-state index in [0.717, 1.165) is 17.1 Å². The quantitative estimate of drug-likeness (QED) is 0.167. The molecule has 1 aromatic heterocycles. The molecule has 0 amide bonds. The minimum Gasteiger partial charge on any atom is -0.310 e. The highest BCUT2D eigenvalue weighted by atomic mass is 15.1. The molecule has 316 valence electrons. The molecular weight excluding hydrogens is 821 g/mol. The predicted octanol–water partition coefficient (Wildman–Crippen LogP) is 16.4. The summed E-state index contributed by atoms with van der Waals surface area (Å²) in [6.07, 6.45) is 0. The molecule has 3 aliphatic rings. The Hall–Kier alpha value is -8.72. The van der Waals surface area contributed by atoms with E-state index in [4.69, 9.17) is 0 Å². The maximum absolute atomic E-state index is 2.53. The zero-order valence-electron chi connectivity index (χ0n) is 37.1. The maximum atomic E-state index is 2.53. The number of rotatable bonds is 5. The minimum absolute atomic E-state index is 0.485. The fraction of sp³-hybridized carbons (Fsp3) is 0.0303. The van der Waals surface area contributed by atoms with E-state index in [2.05, 4.69) is 264 Å². The number of fused-ring (bicyclic) bond motifs is 16. The van der Waals surface area contributed by atoms with Gasteiger partial charge in [-0.05, 0) is 115 Å². The van der Waals surface area contributed by atoms with Crippen LogP contribution in [0.15, 0.2) is 255 Å². The second-order valence-corrected chi connectivity index (χ2v) is 18.7. The van der Waals surface area contributed by atoms with Gasteiger partial charge < -0.3 is 9.47 Å². The van der Waals surface area contributed by atoms with Crippen molar-refractivity contribution in [1.29, 1.82) is 0 Å². The Morgan fingerprint density at radius 1 is 0.309 bits per heavy atom. The van der Waals surface area contributed by atoms with Crippen LogP contribution in [0.1, 0.15) is 44.5 Å². The monoisotopic (exact) mass is 862 g/mol. The van der Waals surface area contributed by atoms with Crippen LogP contribution in [0.3, 0.4) is 0 Å². The topological polar surface area (TPSA) is 8.17 Å². The van der Waals surface area contributed by atoms with Crippen LogP contribution in [0.5, 0.6) is 0 Å². The van der Waals surface area contributed by atoms with E-state index in [1.54, 1.807) is 0 Å². The van der Waals surface area contributed by atoms with Crippen LogP contribution in [0.25, 0.3) is 60.5 Å². The minimum atomic E-state index is -0.567. The number of aromatic nitrogens is 1. The average Bonchev–Trinajstić information content (AvgIpc) is 4.02. The molecule has 2 heterocycles. The molecule has 1 aliphatic heterocycles. The van der Waals surface area contributed by atoms with Crippen LogP contribution in [0.2, 0.25) is 0 Å². The van der Waals surface area contributed by atoms with Crippen LogP contribution >= 0.6 is 0 Å². The van der Waals surface area contributed by atoms with Crippen molar-refractivity contribution in [1.82, 2.24) is 4.57 Å². The molecule has 0 saturated carbocycles. The standard InChI is InChI=1S/C66H42N2/c1-2-20-44(21-3-1)65(55-28-10-6-23-49(55)50-24-7-11-29-56(50)65)45-36-38-46(39-37-45)67(61-35-16-19-43-18-4-5-22-48(43)61)47-40-41-52-51-25-8-12-30-57(51)66(60(52)42-47)58-31-13-15-34-63(58)68-62-33-14-9-26-53(62)54-27-17-32-59(66)64(54)68/h1-42H. The van der Waals surface area contributed by atoms with E-state index < -0.39 is 10.8 Å². The zero-order chi connectivity index (χ0) is 44.6. The first-order valence-corrected chi connectivity index (χ1v) is 23.8. The fourth-order valence-electron chi connectivity index (χ4n) is 13.1. The third-order valence-corrected chi connectivity index (χ3v) is 15.7. The molecule has 0 N–H and O–H groups in total. The van der Waals surface area contributed by atoms with Gasteiger partial charge in [-0.1, -0.05) is 212 Å². The van der Waals surface area contributed by atoms with Crippen LogP contribution < -0.4 is 4.90 Å². The van der Waals surface area contributed by atoms with Crippen molar-refractivity contribution in [2.75, 3.05) is 4.90 Å². The third kappa shape index (κ3) is 4.71. The summed E-state index contributed by atoms with van der Waals surface area (Å²) in [5.74, 6) is 0. The molecule has 15 rings (SSSR count). The third-order valence-electron chi connectivity index (χ3n) is 15.7. The van der Waals surface area contributed by atoms with Gasteiger partial charge in [0.2, 0.25) is 0 Å². The van der Waals surface area contributed by atoms with Gasteiger partial charge in [-0.3, -0.25) is 0 Å². The van der Waals surface area contributed by atoms with Crippen molar-refractivity contribution in [3.05, 3.63) is 299 Å². The first kappa shape index (κ1) is 37.5. The van der Waals surface area contributed by atoms with Crippen molar-refractivity contribution in [2.24, 2.45) is 0 Å². The van der Waals surface area contributed by atoms with Gasteiger partial charge >= 0.3 is 0 Å². The van der Waals surface area contributed by atoms with Gasteiger partial charge in [0, 0.05) is 27.5 Å². The molecule has 1 spiro atoms. The summed E-state index contributed by atoms with van der Waals surface area (Å²) in [6.45, 7) is 0. The van der Waals surface area contributed by atoms with Gasteiger partial charge in [0.1, 0.15) is 0 Å². The van der Waals surface area contributed by atoms with Crippen molar-refractivity contribution in [3.8, 4) is 27.9 Å². The summed E-state index contributed by atoms with van der Waals surface area (Å²) in [4.78, 5) is 2.50. The van der Waals surface area contributed by atoms with E-state index in [1.165, 1.54) is 105 Å². The van der Waals surface area contributed by atoms with Gasteiger partial charge in [0.05, 0.1) is 33.2 Å². The van der Waals surface area contributed by atoms with Crippen LogP contribution in [0.4, 0.5) is 17.1 Å². The Kier molecular flexibility index (Phi) is 7.67. The highest BCUT2D eigenvalue weighted by molar-refractivity contribution is 6.13. The van der Waals surface area contributed by atoms with Gasteiger partial charge in [0.25, 0.3) is 0 Å². The van der Waals surface area contributed by atoms with E-state index in [0.29, 0.717) is 0 Å². The lowest BCUT2D eigenvalue weighted by molar-refractivity contribution is 0.748. The van der Waals surface area contributed by atoms with Gasteiger partial charge in [0.15, 0.2) is 0 Å². The Balaban J connectivity index is 0.994. The summed E-state index contributed by atoms with van der Waals surface area (Å²) in [7, 11) is 0. The number of hydrogen-bond donors (Lipinski definition) is 0. The molecular formula is C66H42N2. The number of nitrogens with zero attached hydrogens (tertiary/aromatic N) is 2. The van der Waals surface area contributed by atoms with Crippen LogP contribution in [-0.4, -0.2) is 4.57 Å². The zero-order valence-corrected chi connectivity index (χ0v) is 37.1. The van der Waals surface area contributed by atoms with Crippen LogP contribution in [-0.2, 0) is 10.8 Å². The highest BCUT2D eigenvalue weighted by Crippen LogP contribution is 2.62. The molecule has 2 nitrogen and oxygen atoms in total. The van der Waals surface area contributed by atoms with Crippen molar-refractivity contribution in [3.63, 3.8) is 0 Å². The normalized spacial score (nSPS) is 15.5. The Morgan fingerprint density at radius 2 is 0.824 bits per heavy atom. The first-order valence-electron chi connectivity index (χ1n) is 23.8. The molecule has 2 heteroatoms. The molecule has 1 unspecified atom stereocenters. The lowest BCUT2D eigenvalue weighted by Gasteiger charge is -2.40. The number of para-hydroxylation sites is 3. The molecule has 11 aromatic carbocycles. The van der Waals surface area contributed by atoms with E-state index >= 15 is 0 Å². The second kappa shape index (κ2) is 13.9. The van der Waals surface area contributed by atoms with Gasteiger partial charge in [-0.15, -0.1) is 0 Å². The summed E-state index contributed by atoms with van der Waals surface area (Å²) in [5.41, 5.74) is 21.6. The number of hydrogen-bond acceptors (Lipinski definition) is 1. The Labute approximate surface area is 395 Å². The molecule has 1 atom stereocenters. The fourth-order valence-corrected chi connectivity index (χ4v) is 13.1. The summed E-state index contributed by atoms with van der Waals surface area (Å²) >= 11 is 0. The van der Waals surface area contributed by atoms with Crippen molar-refractivity contribution < 1.29 is 0 Å². The molecule has 0 radical (unpaired) electrons. The molecule has 0 saturated heterocycles. The van der Waals surface area contributed by atoms with E-state index in [-0.39, 0.29) is 0 Å². The number of benzene rings is 11. The molecule has 68 heavy (non-hydrogen) atoms. The van der Waals surface area contributed by atoms with E-state index in [1.807, 2.05) is 0 Å². The predicted molar refractivity (Wildman–Crippen MR) is 281 cm³/mol. The smallest absolute Gasteiger partial charge is 0.0755 e. The second-order valence-electron chi connectivity index (χ2n) is 18.7. The van der Waals surface area contributed by atoms with Gasteiger partial charge in [-0.25, -0.2) is 0 Å². The highest BCUT2D eigenvalue weighted by Gasteiger charge is 2.51. The average molecular weight is 863 g/mol. The molecule has 12 aromatic rings. The van der Waals surface area contributed by atoms with Crippen LogP contribution in [0, 0.1) is 0 Å². The lowest BCUT2D eigenvalue weighted by atomic mass is 9.65. The Bertz CT molecular complexity index is 3990. The molecule has 0 fully saturated rings. The van der Waals surface area contributed by atoms with Crippen molar-refractivity contribution in [2.45, 2.75) is 10.8 Å². The summed E-state index contributed by atoms with van der Waals surface area (Å²) < 4.78 is 2.53. The SMILES string of the molecule is c1ccc(C2(c3ccc(N(c4ccc5c(c4)C4(c6ccccc6-5)c5ccccc5-n5c6ccccc6c6cccc4c65)c4cccc5ccccc45)cc3)c3ccccc3-c3ccccc32)cc1. The number of anilines is 3.